The number of carbonyl (C=O) groups is 2. The minimum atomic E-state index is -0.580. The first-order chi connectivity index (χ1) is 11.2. The van der Waals surface area contributed by atoms with Gasteiger partial charge in [0.15, 0.2) is 0 Å². The molecule has 0 aliphatic carbocycles. The number of carbonyl (C=O) groups excluding carboxylic acids is 2. The molecule has 7 heteroatoms. The summed E-state index contributed by atoms with van der Waals surface area (Å²) in [5.41, 5.74) is 4.52. The number of hydrogen-bond donors (Lipinski definition) is 3. The SMILES string of the molecule is O=C1CN(Cc2ccncc2)Cc2cc(C(=O)NO)ccc2N1. The van der Waals surface area contributed by atoms with Gasteiger partial charge in [0.1, 0.15) is 0 Å². The number of hydroxylamine groups is 1. The highest BCUT2D eigenvalue weighted by molar-refractivity contribution is 5.97. The van der Waals surface area contributed by atoms with Gasteiger partial charge in [-0.05, 0) is 41.5 Å². The zero-order valence-corrected chi connectivity index (χ0v) is 12.3. The van der Waals surface area contributed by atoms with Crippen LogP contribution in [0.4, 0.5) is 5.69 Å². The fraction of sp³-hybridized carbons (Fsp3) is 0.188. The third kappa shape index (κ3) is 3.53. The van der Waals surface area contributed by atoms with Crippen LogP contribution in [-0.4, -0.2) is 33.5 Å². The van der Waals surface area contributed by atoms with Crippen molar-refractivity contribution in [3.8, 4) is 0 Å². The normalized spacial score (nSPS) is 14.6. The molecule has 3 N–H and O–H groups in total. The van der Waals surface area contributed by atoms with E-state index < -0.39 is 5.91 Å². The molecule has 2 heterocycles. The smallest absolute Gasteiger partial charge is 0.274 e. The van der Waals surface area contributed by atoms with E-state index >= 15 is 0 Å². The number of nitrogens with zero attached hydrogens (tertiary/aromatic N) is 2. The standard InChI is InChI=1S/C16H16N4O3/c21-15-10-20(8-11-3-5-17-6-4-11)9-13-7-12(16(22)19-23)1-2-14(13)18-15/h1-7,23H,8-10H2,(H,18,21)(H,19,22). The van der Waals surface area contributed by atoms with Crippen LogP contribution in [0, 0.1) is 0 Å². The lowest BCUT2D eigenvalue weighted by Crippen LogP contribution is -2.29. The minimum Gasteiger partial charge on any atom is -0.325 e. The second-order valence-electron chi connectivity index (χ2n) is 5.36. The molecule has 2 aromatic rings. The summed E-state index contributed by atoms with van der Waals surface area (Å²) in [6.45, 7) is 1.38. The Kier molecular flexibility index (Phi) is 4.31. The molecular weight excluding hydrogens is 296 g/mol. The Labute approximate surface area is 132 Å². The molecule has 0 fully saturated rings. The second kappa shape index (κ2) is 6.55. The third-order valence-electron chi connectivity index (χ3n) is 3.66. The Bertz CT molecular complexity index is 733. The number of benzene rings is 1. The van der Waals surface area contributed by atoms with Crippen molar-refractivity contribution >= 4 is 17.5 Å². The number of nitrogens with one attached hydrogen (secondary N) is 2. The van der Waals surface area contributed by atoms with E-state index in [1.165, 1.54) is 0 Å². The number of anilines is 1. The topological polar surface area (TPSA) is 94.6 Å². The number of hydrogen-bond acceptors (Lipinski definition) is 5. The van der Waals surface area contributed by atoms with Crippen LogP contribution in [-0.2, 0) is 17.9 Å². The van der Waals surface area contributed by atoms with Crippen LogP contribution >= 0.6 is 0 Å². The Morgan fingerprint density at radius 2 is 2.04 bits per heavy atom. The van der Waals surface area contributed by atoms with Crippen molar-refractivity contribution in [3.05, 3.63) is 59.4 Å². The van der Waals surface area contributed by atoms with Crippen LogP contribution in [0.1, 0.15) is 21.5 Å². The summed E-state index contributed by atoms with van der Waals surface area (Å²) >= 11 is 0. The van der Waals surface area contributed by atoms with Crippen LogP contribution in [0.3, 0.4) is 0 Å². The Hall–Kier alpha value is -2.77. The van der Waals surface area contributed by atoms with Crippen LogP contribution in [0.2, 0.25) is 0 Å². The van der Waals surface area contributed by atoms with Gasteiger partial charge >= 0.3 is 0 Å². The van der Waals surface area contributed by atoms with Gasteiger partial charge in [0.25, 0.3) is 5.91 Å². The molecule has 23 heavy (non-hydrogen) atoms. The van der Waals surface area contributed by atoms with Gasteiger partial charge in [-0.15, -0.1) is 0 Å². The molecule has 1 aromatic carbocycles. The fourth-order valence-electron chi connectivity index (χ4n) is 2.60. The van der Waals surface area contributed by atoms with E-state index in [9.17, 15) is 9.59 Å². The molecule has 118 valence electrons. The van der Waals surface area contributed by atoms with Crippen molar-refractivity contribution in [2.75, 3.05) is 11.9 Å². The molecule has 0 atom stereocenters. The Morgan fingerprint density at radius 3 is 2.78 bits per heavy atom. The Morgan fingerprint density at radius 1 is 1.26 bits per heavy atom. The summed E-state index contributed by atoms with van der Waals surface area (Å²) < 4.78 is 0. The first-order valence-electron chi connectivity index (χ1n) is 7.14. The van der Waals surface area contributed by atoms with Crippen LogP contribution in [0.15, 0.2) is 42.7 Å². The van der Waals surface area contributed by atoms with Gasteiger partial charge in [-0.25, -0.2) is 5.48 Å². The average molecular weight is 312 g/mol. The summed E-state index contributed by atoms with van der Waals surface area (Å²) in [4.78, 5) is 29.6. The highest BCUT2D eigenvalue weighted by Crippen LogP contribution is 2.23. The first-order valence-corrected chi connectivity index (χ1v) is 7.14. The monoisotopic (exact) mass is 312 g/mol. The van der Waals surface area contributed by atoms with Gasteiger partial charge in [0.05, 0.1) is 6.54 Å². The summed E-state index contributed by atoms with van der Waals surface area (Å²) in [5, 5.41) is 11.6. The molecule has 3 rings (SSSR count). The predicted octanol–water partition coefficient (Wildman–Crippen LogP) is 1.15. The van der Waals surface area contributed by atoms with Crippen LogP contribution < -0.4 is 10.8 Å². The number of amides is 2. The van der Waals surface area contributed by atoms with E-state index in [0.29, 0.717) is 24.3 Å². The molecule has 0 bridgehead atoms. The van der Waals surface area contributed by atoms with Gasteiger partial charge in [-0.2, -0.15) is 0 Å². The van der Waals surface area contributed by atoms with Crippen molar-refractivity contribution in [1.29, 1.82) is 0 Å². The zero-order chi connectivity index (χ0) is 16.2. The summed E-state index contributed by atoms with van der Waals surface area (Å²) in [6, 6.07) is 8.71. The van der Waals surface area contributed by atoms with E-state index in [4.69, 9.17) is 5.21 Å². The molecule has 1 aromatic heterocycles. The maximum absolute atomic E-state index is 12.0. The third-order valence-corrected chi connectivity index (χ3v) is 3.66. The van der Waals surface area contributed by atoms with E-state index in [-0.39, 0.29) is 12.5 Å². The van der Waals surface area contributed by atoms with E-state index in [2.05, 4.69) is 10.3 Å². The largest absolute Gasteiger partial charge is 0.325 e. The maximum atomic E-state index is 12.0. The van der Waals surface area contributed by atoms with E-state index in [1.807, 2.05) is 17.0 Å². The van der Waals surface area contributed by atoms with Crippen molar-refractivity contribution in [1.82, 2.24) is 15.4 Å². The minimum absolute atomic E-state index is 0.0998. The molecular formula is C16H16N4O3. The molecule has 0 spiro atoms. The molecule has 7 nitrogen and oxygen atoms in total. The highest BCUT2D eigenvalue weighted by Gasteiger charge is 2.20. The van der Waals surface area contributed by atoms with Gasteiger partial charge in [0, 0.05) is 36.7 Å². The fourth-order valence-corrected chi connectivity index (χ4v) is 2.60. The highest BCUT2D eigenvalue weighted by atomic mass is 16.5. The lowest BCUT2D eigenvalue weighted by atomic mass is 10.1. The lowest BCUT2D eigenvalue weighted by Gasteiger charge is -2.19. The number of aromatic nitrogens is 1. The molecule has 0 saturated carbocycles. The summed E-state index contributed by atoms with van der Waals surface area (Å²) in [7, 11) is 0. The van der Waals surface area contributed by atoms with Gasteiger partial charge in [-0.3, -0.25) is 24.7 Å². The molecule has 1 aliphatic rings. The van der Waals surface area contributed by atoms with Crippen LogP contribution in [0.25, 0.3) is 0 Å². The second-order valence-corrected chi connectivity index (χ2v) is 5.36. The van der Waals surface area contributed by atoms with E-state index in [1.54, 1.807) is 36.1 Å². The summed E-state index contributed by atoms with van der Waals surface area (Å²) in [5.74, 6) is -0.679. The number of fused-ring (bicyclic) bond motifs is 1. The van der Waals surface area contributed by atoms with Gasteiger partial charge < -0.3 is 5.32 Å². The first kappa shape index (κ1) is 15.1. The van der Waals surface area contributed by atoms with Crippen molar-refractivity contribution in [2.24, 2.45) is 0 Å². The molecule has 2 amide bonds. The lowest BCUT2D eigenvalue weighted by molar-refractivity contribution is -0.117. The molecule has 1 aliphatic heterocycles. The molecule has 0 radical (unpaired) electrons. The molecule has 0 unspecified atom stereocenters. The van der Waals surface area contributed by atoms with Crippen molar-refractivity contribution < 1.29 is 14.8 Å². The Balaban J connectivity index is 1.86. The van der Waals surface area contributed by atoms with Crippen LogP contribution in [0.5, 0.6) is 0 Å². The maximum Gasteiger partial charge on any atom is 0.274 e. The predicted molar refractivity (Wildman–Crippen MR) is 82.7 cm³/mol. The molecule has 0 saturated heterocycles. The number of rotatable bonds is 3. The zero-order valence-electron chi connectivity index (χ0n) is 12.3. The van der Waals surface area contributed by atoms with E-state index in [0.717, 1.165) is 11.1 Å². The number of pyridine rings is 1. The van der Waals surface area contributed by atoms with Crippen molar-refractivity contribution in [3.63, 3.8) is 0 Å². The van der Waals surface area contributed by atoms with Crippen molar-refractivity contribution in [2.45, 2.75) is 13.1 Å². The average Bonchev–Trinajstić information content (AvgIpc) is 2.71. The quantitative estimate of drug-likeness (QED) is 0.584. The van der Waals surface area contributed by atoms with Gasteiger partial charge in [0.2, 0.25) is 5.91 Å². The van der Waals surface area contributed by atoms with Gasteiger partial charge in [-0.1, -0.05) is 0 Å². The summed E-state index contributed by atoms with van der Waals surface area (Å²) in [6.07, 6.45) is 3.43.